The molecule has 96 valence electrons. The first-order valence-corrected chi connectivity index (χ1v) is 6.07. The normalized spacial score (nSPS) is 11.9. The van der Waals surface area contributed by atoms with E-state index >= 15 is 0 Å². The monoisotopic (exact) mass is 333 g/mol. The van der Waals surface area contributed by atoms with Crippen molar-refractivity contribution in [3.05, 3.63) is 20.8 Å². The lowest BCUT2D eigenvalue weighted by atomic mass is 10.2. The Hall–Kier alpha value is -0.630. The smallest absolute Gasteiger partial charge is 0.336 e. The topological polar surface area (TPSA) is 20.3 Å². The lowest BCUT2D eigenvalue weighted by Gasteiger charge is -2.22. The van der Waals surface area contributed by atoms with Crippen LogP contribution in [0.15, 0.2) is 15.2 Å². The van der Waals surface area contributed by atoms with Crippen molar-refractivity contribution in [2.45, 2.75) is 18.9 Å². The zero-order chi connectivity index (χ0) is 13.2. The number of amides is 1. The second kappa shape index (κ2) is 5.34. The van der Waals surface area contributed by atoms with Gasteiger partial charge in [0.1, 0.15) is 0 Å². The average Bonchev–Trinajstić information content (AvgIpc) is 2.62. The number of carbonyl (C=O) groups excluding carboxylic acids is 1. The standard InChI is InChI=1S/C9H8BrF4NOS/c1-15(3-5-2-6(10)17-4-5)8(16)9(13,14)7(11)12/h2,4,7H,3H2,1H3. The number of hydrogen-bond acceptors (Lipinski definition) is 2. The van der Waals surface area contributed by atoms with E-state index in [0.29, 0.717) is 10.5 Å². The summed E-state index contributed by atoms with van der Waals surface area (Å²) in [5.41, 5.74) is 0.600. The van der Waals surface area contributed by atoms with Gasteiger partial charge in [0.25, 0.3) is 5.91 Å². The molecule has 17 heavy (non-hydrogen) atoms. The maximum atomic E-state index is 12.8. The van der Waals surface area contributed by atoms with Crippen LogP contribution in [0.2, 0.25) is 0 Å². The lowest BCUT2D eigenvalue weighted by molar-refractivity contribution is -0.179. The molecule has 1 aromatic heterocycles. The van der Waals surface area contributed by atoms with Gasteiger partial charge in [-0.2, -0.15) is 8.78 Å². The molecule has 0 aliphatic heterocycles. The summed E-state index contributed by atoms with van der Waals surface area (Å²) in [6.07, 6.45) is -3.99. The molecule has 0 atom stereocenters. The summed E-state index contributed by atoms with van der Waals surface area (Å²) in [4.78, 5) is 11.7. The minimum absolute atomic E-state index is 0.136. The van der Waals surface area contributed by atoms with Crippen LogP contribution >= 0.6 is 27.3 Å². The Bertz CT molecular complexity index is 409. The molecule has 0 fully saturated rings. The van der Waals surface area contributed by atoms with Crippen molar-refractivity contribution in [2.75, 3.05) is 7.05 Å². The van der Waals surface area contributed by atoms with E-state index in [1.165, 1.54) is 11.3 Å². The fraction of sp³-hybridized carbons (Fsp3) is 0.444. The first-order chi connectivity index (χ1) is 7.75. The highest BCUT2D eigenvalue weighted by atomic mass is 79.9. The molecule has 0 bridgehead atoms. The molecular weight excluding hydrogens is 326 g/mol. The van der Waals surface area contributed by atoms with Gasteiger partial charge in [-0.05, 0) is 32.9 Å². The van der Waals surface area contributed by atoms with Crippen LogP contribution in [0.3, 0.4) is 0 Å². The third kappa shape index (κ3) is 3.41. The third-order valence-corrected chi connectivity index (χ3v) is 3.50. The number of alkyl halides is 4. The zero-order valence-corrected chi connectivity index (χ0v) is 11.0. The second-order valence-electron chi connectivity index (χ2n) is 3.34. The third-order valence-electron chi connectivity index (χ3n) is 1.95. The Labute approximate surface area is 107 Å². The van der Waals surface area contributed by atoms with Gasteiger partial charge in [0.15, 0.2) is 0 Å². The van der Waals surface area contributed by atoms with Gasteiger partial charge in [-0.1, -0.05) is 0 Å². The largest absolute Gasteiger partial charge is 0.383 e. The van der Waals surface area contributed by atoms with Crippen LogP contribution in [-0.4, -0.2) is 30.2 Å². The van der Waals surface area contributed by atoms with Gasteiger partial charge >= 0.3 is 12.3 Å². The van der Waals surface area contributed by atoms with Crippen molar-refractivity contribution in [2.24, 2.45) is 0 Å². The molecule has 0 spiro atoms. The van der Waals surface area contributed by atoms with E-state index in [-0.39, 0.29) is 6.54 Å². The van der Waals surface area contributed by atoms with E-state index in [1.54, 1.807) is 11.4 Å². The van der Waals surface area contributed by atoms with Crippen LogP contribution in [0.5, 0.6) is 0 Å². The number of nitrogens with zero attached hydrogens (tertiary/aromatic N) is 1. The van der Waals surface area contributed by atoms with Gasteiger partial charge in [0, 0.05) is 13.6 Å². The maximum Gasteiger partial charge on any atom is 0.383 e. The molecule has 0 aliphatic carbocycles. The fourth-order valence-corrected chi connectivity index (χ4v) is 2.32. The fourth-order valence-electron chi connectivity index (χ4n) is 1.12. The van der Waals surface area contributed by atoms with Crippen LogP contribution in [0.4, 0.5) is 17.6 Å². The predicted octanol–water partition coefficient (Wildman–Crippen LogP) is 3.37. The lowest BCUT2D eigenvalue weighted by Crippen LogP contribution is -2.45. The van der Waals surface area contributed by atoms with Crippen molar-refractivity contribution in [1.29, 1.82) is 0 Å². The van der Waals surface area contributed by atoms with Crippen molar-refractivity contribution < 1.29 is 22.4 Å². The molecule has 0 aromatic carbocycles. The van der Waals surface area contributed by atoms with Crippen molar-refractivity contribution in [1.82, 2.24) is 4.90 Å². The number of rotatable bonds is 4. The minimum atomic E-state index is -4.64. The van der Waals surface area contributed by atoms with Gasteiger partial charge in [-0.15, -0.1) is 11.3 Å². The first-order valence-electron chi connectivity index (χ1n) is 4.39. The van der Waals surface area contributed by atoms with Gasteiger partial charge in [0.05, 0.1) is 3.79 Å². The van der Waals surface area contributed by atoms with Gasteiger partial charge in [0.2, 0.25) is 0 Å². The van der Waals surface area contributed by atoms with Gasteiger partial charge in [-0.3, -0.25) is 4.79 Å². The summed E-state index contributed by atoms with van der Waals surface area (Å²) < 4.78 is 50.2. The summed E-state index contributed by atoms with van der Waals surface area (Å²) in [5, 5.41) is 1.65. The highest BCUT2D eigenvalue weighted by Gasteiger charge is 2.50. The van der Waals surface area contributed by atoms with E-state index in [0.717, 1.165) is 10.8 Å². The minimum Gasteiger partial charge on any atom is -0.336 e. The summed E-state index contributed by atoms with van der Waals surface area (Å²) in [6.45, 7) is -0.136. The molecule has 2 nitrogen and oxygen atoms in total. The Morgan fingerprint density at radius 3 is 2.59 bits per heavy atom. The van der Waals surface area contributed by atoms with E-state index in [9.17, 15) is 22.4 Å². The van der Waals surface area contributed by atoms with Gasteiger partial charge in [-0.25, -0.2) is 8.78 Å². The van der Waals surface area contributed by atoms with E-state index in [4.69, 9.17) is 0 Å². The van der Waals surface area contributed by atoms with Crippen molar-refractivity contribution in [3.8, 4) is 0 Å². The van der Waals surface area contributed by atoms with Crippen LogP contribution in [0.1, 0.15) is 5.56 Å². The molecule has 1 heterocycles. The predicted molar refractivity (Wildman–Crippen MR) is 59.4 cm³/mol. The molecule has 1 amide bonds. The molecule has 0 radical (unpaired) electrons. The molecule has 1 rings (SSSR count). The average molecular weight is 334 g/mol. The summed E-state index contributed by atoms with van der Waals surface area (Å²) in [7, 11) is 1.06. The number of thiophene rings is 1. The number of carbonyl (C=O) groups is 1. The van der Waals surface area contributed by atoms with Crippen LogP contribution in [0, 0.1) is 0 Å². The molecule has 8 heteroatoms. The molecule has 0 saturated carbocycles. The van der Waals surface area contributed by atoms with E-state index in [1.807, 2.05) is 0 Å². The first kappa shape index (κ1) is 14.4. The Morgan fingerprint density at radius 2 is 2.18 bits per heavy atom. The summed E-state index contributed by atoms with van der Waals surface area (Å²) >= 11 is 4.48. The zero-order valence-electron chi connectivity index (χ0n) is 8.59. The molecule has 0 saturated heterocycles. The number of halogens is 5. The molecule has 0 N–H and O–H groups in total. The molecule has 0 unspecified atom stereocenters. The number of hydrogen-bond donors (Lipinski definition) is 0. The van der Waals surface area contributed by atoms with Crippen LogP contribution in [-0.2, 0) is 11.3 Å². The molecule has 0 aliphatic rings. The SMILES string of the molecule is CN(Cc1csc(Br)c1)C(=O)C(F)(F)C(F)F. The molecule has 1 aromatic rings. The molecular formula is C9H8BrF4NOS. The van der Waals surface area contributed by atoms with Crippen LogP contribution < -0.4 is 0 Å². The van der Waals surface area contributed by atoms with Gasteiger partial charge < -0.3 is 4.90 Å². The van der Waals surface area contributed by atoms with Crippen molar-refractivity contribution in [3.63, 3.8) is 0 Å². The Balaban J connectivity index is 2.71. The van der Waals surface area contributed by atoms with Crippen LogP contribution in [0.25, 0.3) is 0 Å². The Morgan fingerprint density at radius 1 is 1.59 bits per heavy atom. The highest BCUT2D eigenvalue weighted by molar-refractivity contribution is 9.11. The quantitative estimate of drug-likeness (QED) is 0.773. The summed E-state index contributed by atoms with van der Waals surface area (Å²) in [6, 6.07) is 1.63. The van der Waals surface area contributed by atoms with Crippen molar-refractivity contribution >= 4 is 33.2 Å². The maximum absolute atomic E-state index is 12.8. The second-order valence-corrected chi connectivity index (χ2v) is 5.63. The van der Waals surface area contributed by atoms with E-state index in [2.05, 4.69) is 15.9 Å². The Kier molecular flexibility index (Phi) is 4.54. The summed E-state index contributed by atoms with van der Waals surface area (Å²) in [5.74, 6) is -6.52. The highest BCUT2D eigenvalue weighted by Crippen LogP contribution is 2.27. The van der Waals surface area contributed by atoms with E-state index < -0.39 is 18.3 Å².